The van der Waals surface area contributed by atoms with Gasteiger partial charge in [-0.15, -0.1) is 0 Å². The average Bonchev–Trinajstić information content (AvgIpc) is 3.50. The maximum Gasteiger partial charge on any atom is 0.170 e. The van der Waals surface area contributed by atoms with Gasteiger partial charge in [0, 0.05) is 23.5 Å². The Bertz CT molecular complexity index is 1290. The summed E-state index contributed by atoms with van der Waals surface area (Å²) in [5, 5.41) is 11.4. The smallest absolute Gasteiger partial charge is 0.170 e. The summed E-state index contributed by atoms with van der Waals surface area (Å²) in [5.74, 6) is 1.03. The summed E-state index contributed by atoms with van der Waals surface area (Å²) in [6.45, 7) is 2.25. The minimum atomic E-state index is -0.332. The molecule has 0 fully saturated rings. The lowest BCUT2D eigenvalue weighted by Gasteiger charge is -2.14. The number of rotatable bonds is 5. The zero-order valence-electron chi connectivity index (χ0n) is 16.2. The predicted octanol–water partition coefficient (Wildman–Crippen LogP) is 4.02. The predicted molar refractivity (Wildman–Crippen MR) is 110 cm³/mol. The second-order valence-electron chi connectivity index (χ2n) is 6.88. The molecule has 30 heavy (non-hydrogen) atoms. The zero-order valence-corrected chi connectivity index (χ0v) is 16.2. The molecule has 0 aliphatic carbocycles. The summed E-state index contributed by atoms with van der Waals surface area (Å²) in [7, 11) is 0. The monoisotopic (exact) mass is 399 g/mol. The summed E-state index contributed by atoms with van der Waals surface area (Å²) < 4.78 is 18.0. The molecule has 5 rings (SSSR count). The molecule has 3 aromatic heterocycles. The van der Waals surface area contributed by atoms with Crippen LogP contribution in [0.3, 0.4) is 0 Å². The summed E-state index contributed by atoms with van der Waals surface area (Å²) in [4.78, 5) is 9.07. The van der Waals surface area contributed by atoms with Gasteiger partial charge in [0.05, 0.1) is 29.9 Å². The first kappa shape index (κ1) is 18.0. The Balaban J connectivity index is 1.74. The van der Waals surface area contributed by atoms with Gasteiger partial charge in [0.25, 0.3) is 0 Å². The number of halogens is 1. The zero-order chi connectivity index (χ0) is 20.5. The van der Waals surface area contributed by atoms with E-state index >= 15 is 0 Å². The average molecular weight is 399 g/mol. The first-order valence-corrected chi connectivity index (χ1v) is 9.47. The van der Waals surface area contributed by atoms with E-state index in [-0.39, 0.29) is 5.82 Å². The number of aromatic amines is 1. The number of hydrogen-bond donors (Lipinski definition) is 1. The highest BCUT2D eigenvalue weighted by atomic mass is 19.1. The van der Waals surface area contributed by atoms with Crippen LogP contribution in [0.15, 0.2) is 73.3 Å². The number of nitrogens with zero attached hydrogens (tertiary/aromatic N) is 6. The summed E-state index contributed by atoms with van der Waals surface area (Å²) >= 11 is 0. The maximum atomic E-state index is 14.4. The van der Waals surface area contributed by atoms with Gasteiger partial charge in [0.15, 0.2) is 5.82 Å². The van der Waals surface area contributed by atoms with E-state index in [9.17, 15) is 4.39 Å². The minimum absolute atomic E-state index is 0.332. The van der Waals surface area contributed by atoms with E-state index in [1.807, 2.05) is 54.1 Å². The number of benzene rings is 2. The molecule has 0 aliphatic rings. The molecular weight excluding hydrogens is 381 g/mol. The van der Waals surface area contributed by atoms with Crippen molar-refractivity contribution in [2.24, 2.45) is 0 Å². The van der Waals surface area contributed by atoms with Crippen LogP contribution in [-0.4, -0.2) is 34.5 Å². The lowest BCUT2D eigenvalue weighted by atomic mass is 10.0. The lowest BCUT2D eigenvalue weighted by molar-refractivity contribution is 0.627. The molecule has 0 amide bonds. The van der Waals surface area contributed by atoms with Gasteiger partial charge in [0.2, 0.25) is 0 Å². The molecule has 2 aromatic carbocycles. The summed E-state index contributed by atoms with van der Waals surface area (Å²) in [6, 6.07) is 16.3. The fourth-order valence-corrected chi connectivity index (χ4v) is 3.51. The maximum absolute atomic E-state index is 14.4. The quantitative estimate of drug-likeness (QED) is 0.484. The van der Waals surface area contributed by atoms with Crippen molar-refractivity contribution < 1.29 is 4.39 Å². The van der Waals surface area contributed by atoms with Crippen LogP contribution < -0.4 is 0 Å². The Labute approximate surface area is 171 Å². The molecule has 0 atom stereocenters. The topological polar surface area (TPSA) is 77.2 Å². The third-order valence-corrected chi connectivity index (χ3v) is 4.81. The highest BCUT2D eigenvalue weighted by molar-refractivity contribution is 5.83. The van der Waals surface area contributed by atoms with Gasteiger partial charge in [-0.05, 0) is 31.2 Å². The minimum Gasteiger partial charge on any atom is -0.322 e. The van der Waals surface area contributed by atoms with Crippen LogP contribution in [0.25, 0.3) is 28.2 Å². The van der Waals surface area contributed by atoms with E-state index in [1.54, 1.807) is 23.3 Å². The van der Waals surface area contributed by atoms with E-state index in [1.165, 1.54) is 12.1 Å². The molecule has 0 saturated heterocycles. The van der Waals surface area contributed by atoms with Crippen molar-refractivity contribution in [3.05, 3.63) is 90.8 Å². The number of hydrogen-bond acceptors (Lipinski definition) is 4. The van der Waals surface area contributed by atoms with Crippen LogP contribution in [0.1, 0.15) is 11.6 Å². The molecule has 0 unspecified atom stereocenters. The van der Waals surface area contributed by atoms with Crippen molar-refractivity contribution in [2.75, 3.05) is 0 Å². The molecule has 8 heteroatoms. The number of aryl methyl sites for hydroxylation is 1. The van der Waals surface area contributed by atoms with Crippen LogP contribution in [0.5, 0.6) is 0 Å². The standard InChI is InChI=1S/C22H18FN7/c1-15-26-20(28-27-15)13-29-14-24-21(16-6-3-2-4-7-16)22(29)18-12-17(23)8-9-19(18)30-11-5-10-25-30/h2-12,14H,13H2,1H3,(H,26,27,28). The van der Waals surface area contributed by atoms with Crippen LogP contribution in [0.4, 0.5) is 4.39 Å². The highest BCUT2D eigenvalue weighted by Gasteiger charge is 2.20. The SMILES string of the molecule is Cc1nc(Cn2cnc(-c3ccccc3)c2-c2cc(F)ccc2-n2cccn2)n[nH]1. The fraction of sp³-hybridized carbons (Fsp3) is 0.0909. The molecule has 3 heterocycles. The summed E-state index contributed by atoms with van der Waals surface area (Å²) in [5.41, 5.74) is 3.90. The fourth-order valence-electron chi connectivity index (χ4n) is 3.51. The van der Waals surface area contributed by atoms with Crippen molar-refractivity contribution in [3.8, 4) is 28.2 Å². The lowest BCUT2D eigenvalue weighted by Crippen LogP contribution is -2.06. The highest BCUT2D eigenvalue weighted by Crippen LogP contribution is 2.35. The second-order valence-corrected chi connectivity index (χ2v) is 6.88. The number of H-pyrrole nitrogens is 1. The Morgan fingerprint density at radius 2 is 1.93 bits per heavy atom. The molecule has 7 nitrogen and oxygen atoms in total. The van der Waals surface area contributed by atoms with Gasteiger partial charge in [-0.25, -0.2) is 19.0 Å². The first-order valence-electron chi connectivity index (χ1n) is 9.47. The first-order chi connectivity index (χ1) is 14.7. The summed E-state index contributed by atoms with van der Waals surface area (Å²) in [6.07, 6.45) is 5.26. The molecule has 0 aliphatic heterocycles. The van der Waals surface area contributed by atoms with Gasteiger partial charge < -0.3 is 4.57 Å². The van der Waals surface area contributed by atoms with Crippen molar-refractivity contribution >= 4 is 0 Å². The third-order valence-electron chi connectivity index (χ3n) is 4.81. The Morgan fingerprint density at radius 1 is 1.07 bits per heavy atom. The molecular formula is C22H18FN7. The van der Waals surface area contributed by atoms with E-state index < -0.39 is 0 Å². The van der Waals surface area contributed by atoms with E-state index in [0.717, 1.165) is 28.5 Å². The van der Waals surface area contributed by atoms with Gasteiger partial charge in [0.1, 0.15) is 11.6 Å². The van der Waals surface area contributed by atoms with Crippen LogP contribution in [0, 0.1) is 12.7 Å². The van der Waals surface area contributed by atoms with Gasteiger partial charge in [-0.3, -0.25) is 5.10 Å². The molecule has 1 N–H and O–H groups in total. The molecule has 5 aromatic rings. The molecule has 0 radical (unpaired) electrons. The van der Waals surface area contributed by atoms with Crippen molar-refractivity contribution in [3.63, 3.8) is 0 Å². The van der Waals surface area contributed by atoms with Gasteiger partial charge in [-0.2, -0.15) is 10.2 Å². The number of nitrogens with one attached hydrogen (secondary N) is 1. The van der Waals surface area contributed by atoms with Gasteiger partial charge >= 0.3 is 0 Å². The number of imidazole rings is 1. The van der Waals surface area contributed by atoms with E-state index in [4.69, 9.17) is 0 Å². The Hall–Kier alpha value is -4.07. The second kappa shape index (κ2) is 7.40. The Morgan fingerprint density at radius 3 is 2.67 bits per heavy atom. The van der Waals surface area contributed by atoms with Gasteiger partial charge in [-0.1, -0.05) is 30.3 Å². The molecule has 0 bridgehead atoms. The largest absolute Gasteiger partial charge is 0.322 e. The molecule has 148 valence electrons. The van der Waals surface area contributed by atoms with Crippen LogP contribution in [0.2, 0.25) is 0 Å². The van der Waals surface area contributed by atoms with E-state index in [2.05, 4.69) is 25.3 Å². The van der Waals surface area contributed by atoms with Crippen molar-refractivity contribution in [1.29, 1.82) is 0 Å². The Kier molecular flexibility index (Phi) is 4.44. The third kappa shape index (κ3) is 3.28. The van der Waals surface area contributed by atoms with Crippen molar-refractivity contribution in [2.45, 2.75) is 13.5 Å². The molecule has 0 spiro atoms. The van der Waals surface area contributed by atoms with Crippen LogP contribution >= 0.6 is 0 Å². The number of aromatic nitrogens is 7. The van der Waals surface area contributed by atoms with E-state index in [0.29, 0.717) is 17.9 Å². The molecule has 0 saturated carbocycles. The van der Waals surface area contributed by atoms with Crippen molar-refractivity contribution in [1.82, 2.24) is 34.5 Å². The normalized spacial score (nSPS) is 11.1. The van der Waals surface area contributed by atoms with Crippen LogP contribution in [-0.2, 0) is 6.54 Å².